The highest BCUT2D eigenvalue weighted by Crippen LogP contribution is 2.32. The van der Waals surface area contributed by atoms with E-state index in [1.54, 1.807) is 9.80 Å². The number of nitrogens with zero attached hydrogens (tertiary/aromatic N) is 3. The second-order valence-electron chi connectivity index (χ2n) is 10.2. The van der Waals surface area contributed by atoms with E-state index in [1.807, 2.05) is 52.8 Å². The number of hydrogen-bond acceptors (Lipinski definition) is 6. The molecule has 9 nitrogen and oxygen atoms in total. The summed E-state index contributed by atoms with van der Waals surface area (Å²) in [6.45, 7) is 11.2. The lowest BCUT2D eigenvalue weighted by Crippen LogP contribution is -2.59. The van der Waals surface area contributed by atoms with E-state index in [9.17, 15) is 19.2 Å². The molecule has 2 fully saturated rings. The zero-order valence-electron chi connectivity index (χ0n) is 19.9. The summed E-state index contributed by atoms with van der Waals surface area (Å²) in [5.74, 6) is -0.882. The molecular weight excluding hydrogens is 424 g/mol. The first kappa shape index (κ1) is 23.1. The average molecular weight is 457 g/mol. The number of fused-ring (bicyclic) bond motifs is 1. The fourth-order valence-electron chi connectivity index (χ4n) is 4.97. The number of nitrogens with one attached hydrogen (secondary N) is 1. The second kappa shape index (κ2) is 8.35. The summed E-state index contributed by atoms with van der Waals surface area (Å²) < 4.78 is 5.59. The largest absolute Gasteiger partial charge is 0.444 e. The van der Waals surface area contributed by atoms with Gasteiger partial charge in [-0.1, -0.05) is 0 Å². The van der Waals surface area contributed by atoms with Gasteiger partial charge in [0.15, 0.2) is 0 Å². The molecule has 33 heavy (non-hydrogen) atoms. The molecule has 3 unspecified atom stereocenters. The van der Waals surface area contributed by atoms with Crippen molar-refractivity contribution in [3.05, 3.63) is 29.3 Å². The third kappa shape index (κ3) is 4.54. The fourth-order valence-corrected chi connectivity index (χ4v) is 4.97. The van der Waals surface area contributed by atoms with Crippen molar-refractivity contribution in [3.63, 3.8) is 0 Å². The van der Waals surface area contributed by atoms with Crippen molar-refractivity contribution in [2.75, 3.05) is 18.0 Å². The first-order chi connectivity index (χ1) is 15.4. The smallest absolute Gasteiger partial charge is 0.410 e. The lowest BCUT2D eigenvalue weighted by molar-refractivity contribution is -0.136. The summed E-state index contributed by atoms with van der Waals surface area (Å²) >= 11 is 0. The van der Waals surface area contributed by atoms with Crippen LogP contribution in [0.15, 0.2) is 18.2 Å². The Morgan fingerprint density at radius 3 is 2.36 bits per heavy atom. The molecule has 1 aromatic carbocycles. The first-order valence-corrected chi connectivity index (χ1v) is 11.5. The molecule has 3 atom stereocenters. The van der Waals surface area contributed by atoms with Crippen LogP contribution in [0.2, 0.25) is 0 Å². The summed E-state index contributed by atoms with van der Waals surface area (Å²) in [5.41, 5.74) is 1.90. The maximum Gasteiger partial charge on any atom is 0.410 e. The Morgan fingerprint density at radius 2 is 1.76 bits per heavy atom. The maximum atomic E-state index is 12.9. The van der Waals surface area contributed by atoms with E-state index in [4.69, 9.17) is 4.74 Å². The molecule has 9 heteroatoms. The predicted octanol–water partition coefficient (Wildman–Crippen LogP) is 2.28. The minimum absolute atomic E-state index is 0.0431. The van der Waals surface area contributed by atoms with Crippen LogP contribution in [0, 0.1) is 0 Å². The highest BCUT2D eigenvalue weighted by Gasteiger charge is 2.40. The molecule has 3 aliphatic rings. The van der Waals surface area contributed by atoms with Gasteiger partial charge in [0.1, 0.15) is 11.6 Å². The molecule has 3 aliphatic heterocycles. The number of carbonyl (C=O) groups excluding carboxylic acids is 4. The van der Waals surface area contributed by atoms with Crippen molar-refractivity contribution < 1.29 is 23.9 Å². The quantitative estimate of drug-likeness (QED) is 0.686. The molecule has 0 saturated carbocycles. The van der Waals surface area contributed by atoms with Crippen LogP contribution in [-0.4, -0.2) is 70.4 Å². The van der Waals surface area contributed by atoms with Gasteiger partial charge in [0.25, 0.3) is 5.91 Å². The van der Waals surface area contributed by atoms with E-state index in [-0.39, 0.29) is 36.4 Å². The SMILES string of the molecule is CC1CN(c2ccc3c(c2)CN(C2CCC(=O)NC2=O)C3=O)CC(C)N1C(=O)OC(C)(C)C. The maximum absolute atomic E-state index is 12.9. The van der Waals surface area contributed by atoms with Gasteiger partial charge in [0.05, 0.1) is 12.1 Å². The number of piperazine rings is 1. The summed E-state index contributed by atoms with van der Waals surface area (Å²) in [4.78, 5) is 54.9. The number of imide groups is 1. The minimum atomic E-state index is -0.622. The number of carbonyl (C=O) groups is 4. The van der Waals surface area contributed by atoms with Crippen LogP contribution in [0.4, 0.5) is 10.5 Å². The zero-order chi connectivity index (χ0) is 24.1. The van der Waals surface area contributed by atoms with Crippen LogP contribution in [-0.2, 0) is 20.9 Å². The van der Waals surface area contributed by atoms with E-state index in [1.165, 1.54) is 0 Å². The van der Waals surface area contributed by atoms with Crippen molar-refractivity contribution in [2.24, 2.45) is 0 Å². The molecule has 1 aromatic rings. The highest BCUT2D eigenvalue weighted by atomic mass is 16.6. The molecule has 2 saturated heterocycles. The number of piperidine rings is 1. The first-order valence-electron chi connectivity index (χ1n) is 11.5. The second-order valence-corrected chi connectivity index (χ2v) is 10.2. The average Bonchev–Trinajstić information content (AvgIpc) is 3.02. The molecule has 0 spiro atoms. The van der Waals surface area contributed by atoms with E-state index >= 15 is 0 Å². The monoisotopic (exact) mass is 456 g/mol. The Balaban J connectivity index is 1.48. The highest BCUT2D eigenvalue weighted by molar-refractivity contribution is 6.05. The summed E-state index contributed by atoms with van der Waals surface area (Å²) in [6, 6.07) is 5.03. The lowest BCUT2D eigenvalue weighted by Gasteiger charge is -2.45. The van der Waals surface area contributed by atoms with Gasteiger partial charge in [0, 0.05) is 37.3 Å². The van der Waals surface area contributed by atoms with Gasteiger partial charge in [-0.25, -0.2) is 4.79 Å². The molecule has 0 bridgehead atoms. The number of hydrogen-bond donors (Lipinski definition) is 1. The lowest BCUT2D eigenvalue weighted by atomic mass is 10.0. The third-order valence-electron chi connectivity index (χ3n) is 6.40. The molecule has 4 rings (SSSR count). The Morgan fingerprint density at radius 1 is 1.09 bits per heavy atom. The van der Waals surface area contributed by atoms with E-state index in [2.05, 4.69) is 10.2 Å². The Hall–Kier alpha value is -3.10. The van der Waals surface area contributed by atoms with Crippen molar-refractivity contribution >= 4 is 29.5 Å². The number of anilines is 1. The van der Waals surface area contributed by atoms with Crippen molar-refractivity contribution in [1.29, 1.82) is 0 Å². The number of amides is 4. The standard InChI is InChI=1S/C24H32N4O5/c1-14-11-26(12-15(2)28(14)23(32)33-24(3,4)5)17-6-7-18-16(10-17)13-27(22(18)31)19-8-9-20(29)25-21(19)30/h6-7,10,14-15,19H,8-9,11-13H2,1-5H3,(H,25,29,30). The van der Waals surface area contributed by atoms with E-state index in [0.29, 0.717) is 31.6 Å². The molecule has 0 aliphatic carbocycles. The van der Waals surface area contributed by atoms with Crippen LogP contribution >= 0.6 is 0 Å². The van der Waals surface area contributed by atoms with E-state index in [0.717, 1.165) is 11.3 Å². The van der Waals surface area contributed by atoms with Gasteiger partial charge >= 0.3 is 6.09 Å². The molecule has 178 valence electrons. The van der Waals surface area contributed by atoms with Gasteiger partial charge in [0.2, 0.25) is 11.8 Å². The van der Waals surface area contributed by atoms with Crippen LogP contribution in [0.5, 0.6) is 0 Å². The normalized spacial score (nSPS) is 25.8. The molecular formula is C24H32N4O5. The van der Waals surface area contributed by atoms with Gasteiger partial charge in [-0.15, -0.1) is 0 Å². The van der Waals surface area contributed by atoms with Gasteiger partial charge < -0.3 is 14.5 Å². The third-order valence-corrected chi connectivity index (χ3v) is 6.40. The van der Waals surface area contributed by atoms with Gasteiger partial charge in [-0.2, -0.15) is 0 Å². The number of ether oxygens (including phenoxy) is 1. The molecule has 0 aromatic heterocycles. The van der Waals surface area contributed by atoms with Gasteiger partial charge in [-0.05, 0) is 64.8 Å². The summed E-state index contributed by atoms with van der Waals surface area (Å²) in [7, 11) is 0. The fraction of sp³-hybridized carbons (Fsp3) is 0.583. The van der Waals surface area contributed by atoms with Crippen molar-refractivity contribution in [1.82, 2.24) is 15.1 Å². The zero-order valence-corrected chi connectivity index (χ0v) is 19.9. The molecule has 1 N–H and O–H groups in total. The predicted molar refractivity (Wildman–Crippen MR) is 122 cm³/mol. The Kier molecular flexibility index (Phi) is 5.84. The van der Waals surface area contributed by atoms with Crippen LogP contribution < -0.4 is 10.2 Å². The topological polar surface area (TPSA) is 99.3 Å². The molecule has 3 heterocycles. The van der Waals surface area contributed by atoms with Crippen molar-refractivity contribution in [2.45, 2.75) is 77.7 Å². The molecule has 4 amide bonds. The van der Waals surface area contributed by atoms with Crippen molar-refractivity contribution in [3.8, 4) is 0 Å². The summed E-state index contributed by atoms with van der Waals surface area (Å²) in [6.07, 6.45) is 0.278. The number of rotatable bonds is 2. The van der Waals surface area contributed by atoms with Crippen LogP contribution in [0.1, 0.15) is 63.4 Å². The Bertz CT molecular complexity index is 989. The minimum Gasteiger partial charge on any atom is -0.444 e. The molecule has 0 radical (unpaired) electrons. The Labute approximate surface area is 194 Å². The van der Waals surface area contributed by atoms with Gasteiger partial charge in [-0.3, -0.25) is 24.6 Å². The van der Waals surface area contributed by atoms with E-state index < -0.39 is 17.6 Å². The van der Waals surface area contributed by atoms with Crippen LogP contribution in [0.3, 0.4) is 0 Å². The van der Waals surface area contributed by atoms with Crippen LogP contribution in [0.25, 0.3) is 0 Å². The summed E-state index contributed by atoms with van der Waals surface area (Å²) in [5, 5.41) is 2.33. The number of benzene rings is 1.